The van der Waals surface area contributed by atoms with Gasteiger partial charge in [0.05, 0.1) is 33.5 Å². The first kappa shape index (κ1) is 22.2. The third-order valence-corrected chi connectivity index (χ3v) is 5.66. The zero-order valence-corrected chi connectivity index (χ0v) is 16.9. The van der Waals surface area contributed by atoms with Crippen LogP contribution in [-0.4, -0.2) is 48.0 Å². The molecule has 0 saturated heterocycles. The number of fused-ring (bicyclic) bond motifs is 1. The number of nitrogens with zero attached hydrogens (tertiary/aromatic N) is 2. The maximum absolute atomic E-state index is 12.0. The number of nitrogens with one attached hydrogen (secondary N) is 2. The second-order valence-electron chi connectivity index (χ2n) is 6.11. The number of hydrogen-bond donors (Lipinski definition) is 2. The minimum Gasteiger partial charge on any atom is -0.744 e. The van der Waals surface area contributed by atoms with Gasteiger partial charge in [0.25, 0.3) is 5.56 Å². The van der Waals surface area contributed by atoms with Gasteiger partial charge in [0.15, 0.2) is 0 Å². The Hall–Kier alpha value is -3.46. The van der Waals surface area contributed by atoms with Crippen LogP contribution >= 0.6 is 0 Å². The highest BCUT2D eigenvalue weighted by molar-refractivity contribution is 7.86. The van der Waals surface area contributed by atoms with Crippen LogP contribution in [0.4, 0.5) is 0 Å². The van der Waals surface area contributed by atoms with Gasteiger partial charge in [0.1, 0.15) is 25.9 Å². The Morgan fingerprint density at radius 2 is 1.81 bits per heavy atom. The topological polar surface area (TPSA) is 202 Å². The van der Waals surface area contributed by atoms with Gasteiger partial charge in [-0.25, -0.2) is 27.2 Å². The summed E-state index contributed by atoms with van der Waals surface area (Å²) in [4.78, 5) is 28.8. The first-order chi connectivity index (χ1) is 14.4. The van der Waals surface area contributed by atoms with E-state index in [1.807, 2.05) is 5.43 Å². The summed E-state index contributed by atoms with van der Waals surface area (Å²) in [5.74, 6) is -0.769. The van der Waals surface area contributed by atoms with Crippen LogP contribution in [0.2, 0.25) is 0 Å². The highest BCUT2D eigenvalue weighted by Gasteiger charge is 2.13. The Bertz CT molecular complexity index is 1480. The second kappa shape index (κ2) is 8.35. The number of hydrogen-bond acceptors (Lipinski definition) is 10. The van der Waals surface area contributed by atoms with Gasteiger partial charge in [-0.15, -0.1) is 0 Å². The maximum atomic E-state index is 12.0. The summed E-state index contributed by atoms with van der Waals surface area (Å²) in [5.41, 5.74) is 1.98. The summed E-state index contributed by atoms with van der Waals surface area (Å²) in [5, 5.41) is 3.50. The van der Waals surface area contributed by atoms with E-state index in [-0.39, 0.29) is 11.3 Å². The van der Waals surface area contributed by atoms with Crippen molar-refractivity contribution in [2.45, 2.75) is 16.2 Å². The van der Waals surface area contributed by atoms with Gasteiger partial charge in [-0.2, -0.15) is 5.10 Å². The molecule has 2 N–H and O–H groups in total. The number of carbonyl (C=O) groups excluding carboxylic acids is 1. The van der Waals surface area contributed by atoms with E-state index in [1.54, 1.807) is 24.3 Å². The largest absolute Gasteiger partial charge is 0.744 e. The summed E-state index contributed by atoms with van der Waals surface area (Å²) in [7, 11) is -10.2. The van der Waals surface area contributed by atoms with E-state index in [4.69, 9.17) is 0 Å². The van der Waals surface area contributed by atoms with Crippen molar-refractivity contribution < 1.29 is 30.7 Å². The fraction of sp³-hybridized carbons (Fsp3) is 0.0588. The average molecular weight is 464 g/mol. The van der Waals surface area contributed by atoms with Gasteiger partial charge in [-0.3, -0.25) is 9.59 Å². The van der Waals surface area contributed by atoms with Gasteiger partial charge < -0.3 is 14.1 Å². The molecule has 1 aromatic heterocycles. The Balaban J connectivity index is 1.80. The van der Waals surface area contributed by atoms with E-state index in [1.165, 1.54) is 0 Å². The minimum absolute atomic E-state index is 0.0840. The number of carbonyl (C=O) groups is 1. The van der Waals surface area contributed by atoms with Crippen LogP contribution in [0.15, 0.2) is 62.2 Å². The fourth-order valence-corrected chi connectivity index (χ4v) is 3.80. The Labute approximate surface area is 175 Å². The number of H-pyrrole nitrogens is 1. The van der Waals surface area contributed by atoms with Crippen LogP contribution in [0.1, 0.15) is 11.3 Å². The molecule has 162 valence electrons. The van der Waals surface area contributed by atoms with Gasteiger partial charge in [0, 0.05) is 5.56 Å². The van der Waals surface area contributed by atoms with E-state index in [2.05, 4.69) is 15.1 Å². The third-order valence-electron chi connectivity index (χ3n) is 3.93. The number of aromatic nitrogens is 2. The second-order valence-corrected chi connectivity index (χ2v) is 8.84. The summed E-state index contributed by atoms with van der Waals surface area (Å²) >= 11 is 0. The molecule has 1 amide bonds. The smallest absolute Gasteiger partial charge is 0.270 e. The average Bonchev–Trinajstić information content (AvgIpc) is 2.67. The van der Waals surface area contributed by atoms with Crippen molar-refractivity contribution in [3.63, 3.8) is 0 Å². The molecule has 0 aliphatic rings. The molecule has 0 radical (unpaired) electrons. The normalized spacial score (nSPS) is 12.3. The number of para-hydroxylation sites is 2. The van der Waals surface area contributed by atoms with Crippen molar-refractivity contribution in [1.82, 2.24) is 15.4 Å². The molecule has 0 aliphatic heterocycles. The zero-order valence-electron chi connectivity index (χ0n) is 15.3. The predicted molar refractivity (Wildman–Crippen MR) is 104 cm³/mol. The van der Waals surface area contributed by atoms with Gasteiger partial charge in [-0.05, 0) is 24.3 Å². The maximum Gasteiger partial charge on any atom is 0.270 e. The molecule has 0 unspecified atom stereocenters. The summed E-state index contributed by atoms with van der Waals surface area (Å²) in [6.07, 6.45) is 0.333. The molecule has 0 atom stereocenters. The number of aromatic amines is 1. The first-order valence-corrected chi connectivity index (χ1v) is 11.1. The lowest BCUT2D eigenvalue weighted by Gasteiger charge is -2.14. The van der Waals surface area contributed by atoms with Crippen LogP contribution < -0.4 is 11.0 Å². The SMILES string of the molecule is O=C(Cc1nc2ccccc2[nH]c1=O)N/N=C/c1ccc(S(=O)(=O)[O-])cc1S(=O)(=O)[O-]. The lowest BCUT2D eigenvalue weighted by molar-refractivity contribution is -0.120. The lowest BCUT2D eigenvalue weighted by Crippen LogP contribution is -2.25. The fourth-order valence-electron chi connectivity index (χ4n) is 2.55. The highest BCUT2D eigenvalue weighted by atomic mass is 32.2. The van der Waals surface area contributed by atoms with Gasteiger partial charge in [-0.1, -0.05) is 18.2 Å². The standard InChI is InChI=1S/C17H14N4O8S2/c22-16(8-14-17(23)20-13-4-2-1-3-12(13)19-14)21-18-9-10-5-6-11(30(24,25)26)7-15(10)31(27,28)29/h1-7,9H,8H2,(H,20,23)(H,21,22)(H,24,25,26)(H,27,28,29)/p-2/b18-9+. The van der Waals surface area contributed by atoms with Crippen LogP contribution in [0.3, 0.4) is 0 Å². The third kappa shape index (κ3) is 5.37. The Morgan fingerprint density at radius 3 is 2.48 bits per heavy atom. The molecular weight excluding hydrogens is 452 g/mol. The number of benzene rings is 2. The molecule has 0 saturated carbocycles. The first-order valence-electron chi connectivity index (χ1n) is 8.31. The molecule has 31 heavy (non-hydrogen) atoms. The van der Waals surface area contributed by atoms with Crippen LogP contribution in [0.25, 0.3) is 11.0 Å². The van der Waals surface area contributed by atoms with Crippen molar-refractivity contribution in [2.24, 2.45) is 5.10 Å². The Morgan fingerprint density at radius 1 is 1.10 bits per heavy atom. The van der Waals surface area contributed by atoms with Gasteiger partial charge >= 0.3 is 0 Å². The lowest BCUT2D eigenvalue weighted by atomic mass is 10.2. The van der Waals surface area contributed by atoms with E-state index in [9.17, 15) is 35.5 Å². The predicted octanol–water partition coefficient (Wildman–Crippen LogP) is -0.576. The molecule has 0 bridgehead atoms. The molecule has 1 heterocycles. The van der Waals surface area contributed by atoms with Crippen molar-refractivity contribution >= 4 is 43.4 Å². The molecular formula is C17H12N4O8S2-2. The quantitative estimate of drug-likeness (QED) is 0.272. The molecule has 3 rings (SSSR count). The van der Waals surface area contributed by atoms with Crippen LogP contribution in [-0.2, 0) is 31.5 Å². The van der Waals surface area contributed by atoms with Gasteiger partial charge in [0.2, 0.25) is 5.91 Å². The molecule has 12 nitrogen and oxygen atoms in total. The van der Waals surface area contributed by atoms with Crippen LogP contribution in [0.5, 0.6) is 0 Å². The van der Waals surface area contributed by atoms with Crippen molar-refractivity contribution in [2.75, 3.05) is 0 Å². The van der Waals surface area contributed by atoms with E-state index in [0.29, 0.717) is 17.1 Å². The Kier molecular flexibility index (Phi) is 5.99. The summed E-state index contributed by atoms with van der Waals surface area (Å²) < 4.78 is 67.2. The van der Waals surface area contributed by atoms with Crippen molar-refractivity contribution in [3.8, 4) is 0 Å². The highest BCUT2D eigenvalue weighted by Crippen LogP contribution is 2.19. The van der Waals surface area contributed by atoms with Crippen LogP contribution in [0, 0.1) is 0 Å². The molecule has 0 aliphatic carbocycles. The summed E-state index contributed by atoms with van der Waals surface area (Å²) in [6, 6.07) is 8.76. The number of hydrazone groups is 1. The molecule has 3 aromatic rings. The van der Waals surface area contributed by atoms with Crippen molar-refractivity contribution in [1.29, 1.82) is 0 Å². The number of amides is 1. The summed E-state index contributed by atoms with van der Waals surface area (Å²) in [6.45, 7) is 0. The molecule has 0 fully saturated rings. The van der Waals surface area contributed by atoms with Crippen molar-refractivity contribution in [3.05, 3.63) is 64.1 Å². The number of rotatable bonds is 6. The molecule has 2 aromatic carbocycles. The van der Waals surface area contributed by atoms with E-state index >= 15 is 0 Å². The monoisotopic (exact) mass is 464 g/mol. The molecule has 0 spiro atoms. The molecule has 14 heteroatoms. The van der Waals surface area contributed by atoms with E-state index < -0.39 is 47.9 Å². The zero-order chi connectivity index (χ0) is 22.8. The van der Waals surface area contributed by atoms with E-state index in [0.717, 1.165) is 18.3 Å². The minimum atomic E-state index is -5.15.